The van der Waals surface area contributed by atoms with Gasteiger partial charge in [0, 0.05) is 31.1 Å². The van der Waals surface area contributed by atoms with Crippen molar-refractivity contribution in [2.45, 2.75) is 9.79 Å². The van der Waals surface area contributed by atoms with E-state index in [1.165, 1.54) is 4.31 Å². The van der Waals surface area contributed by atoms with E-state index in [4.69, 9.17) is 0 Å². The van der Waals surface area contributed by atoms with Crippen LogP contribution in [-0.4, -0.2) is 65.5 Å². The van der Waals surface area contributed by atoms with Gasteiger partial charge in [0.25, 0.3) is 0 Å². The van der Waals surface area contributed by atoms with Crippen LogP contribution < -0.4 is 9.88 Å². The molecule has 8 heteroatoms. The van der Waals surface area contributed by atoms with Crippen LogP contribution in [-0.2, 0) is 10.0 Å². The predicted molar refractivity (Wildman–Crippen MR) is 132 cm³/mol. The minimum absolute atomic E-state index is 0.335. The molecule has 0 aliphatic carbocycles. The van der Waals surface area contributed by atoms with Crippen molar-refractivity contribution >= 4 is 44.5 Å². The number of likely N-dealkylation sites (N-methyl/N-ethyl adjacent to an activating group) is 2. The molecule has 1 N–H and O–H groups in total. The number of quaternary nitrogens is 1. The number of rotatable bonds is 6. The number of nitrogens with zero attached hydrogens (tertiary/aromatic N) is 3. The second kappa shape index (κ2) is 8.51. The Morgan fingerprint density at radius 2 is 1.88 bits per heavy atom. The number of para-hydroxylation sites is 1. The molecule has 0 saturated carbocycles. The number of hydrogen-bond acceptors (Lipinski definition) is 4. The number of aromatic nitrogens is 1. The molecule has 4 rings (SSSR count). The number of thioether (sulfide) groups is 1. The van der Waals surface area contributed by atoms with E-state index in [1.54, 1.807) is 30.9 Å². The Labute approximate surface area is 194 Å². The molecule has 0 spiro atoms. The van der Waals surface area contributed by atoms with Crippen LogP contribution in [0.3, 0.4) is 0 Å². The summed E-state index contributed by atoms with van der Waals surface area (Å²) in [5.74, 6) is 0. The van der Waals surface area contributed by atoms with E-state index < -0.39 is 10.0 Å². The predicted octanol–water partition coefficient (Wildman–Crippen LogP) is 3.52. The van der Waals surface area contributed by atoms with Gasteiger partial charge >= 0.3 is 0 Å². The molecule has 0 radical (unpaired) electrons. The van der Waals surface area contributed by atoms with Gasteiger partial charge in [0.1, 0.15) is 0 Å². The van der Waals surface area contributed by atoms with E-state index in [2.05, 4.69) is 55.3 Å². The van der Waals surface area contributed by atoms with E-state index in [0.717, 1.165) is 38.6 Å². The summed E-state index contributed by atoms with van der Waals surface area (Å²) in [6.45, 7) is 1.22. The summed E-state index contributed by atoms with van der Waals surface area (Å²) in [5, 5.41) is 2.21. The van der Waals surface area contributed by atoms with Crippen molar-refractivity contribution in [3.8, 4) is 0 Å². The molecule has 0 fully saturated rings. The van der Waals surface area contributed by atoms with Crippen LogP contribution in [0.2, 0.25) is 0 Å². The van der Waals surface area contributed by atoms with Crippen molar-refractivity contribution in [3.05, 3.63) is 65.3 Å². The Morgan fingerprint density at radius 3 is 2.62 bits per heavy atom. The molecule has 2 aromatic carbocycles. The number of H-pyrrole nitrogens is 1. The summed E-state index contributed by atoms with van der Waals surface area (Å²) in [4.78, 5) is 6.68. The molecule has 0 bridgehead atoms. The number of benzene rings is 2. The Morgan fingerprint density at radius 1 is 1.12 bits per heavy atom. The first-order valence-electron chi connectivity index (χ1n) is 10.5. The lowest BCUT2D eigenvalue weighted by atomic mass is 10.1. The number of pyridine rings is 1. The highest BCUT2D eigenvalue weighted by molar-refractivity contribution is 8.04. The van der Waals surface area contributed by atoms with Crippen molar-refractivity contribution in [3.63, 3.8) is 0 Å². The van der Waals surface area contributed by atoms with Gasteiger partial charge in [-0.1, -0.05) is 23.9 Å². The van der Waals surface area contributed by atoms with Crippen molar-refractivity contribution in [2.24, 2.45) is 0 Å². The van der Waals surface area contributed by atoms with Crippen molar-refractivity contribution in [1.82, 2.24) is 4.31 Å². The molecule has 32 heavy (non-hydrogen) atoms. The fourth-order valence-corrected chi connectivity index (χ4v) is 6.02. The van der Waals surface area contributed by atoms with Gasteiger partial charge in [0.2, 0.25) is 15.5 Å². The molecule has 168 valence electrons. The van der Waals surface area contributed by atoms with Crippen LogP contribution >= 0.6 is 11.8 Å². The highest BCUT2D eigenvalue weighted by atomic mass is 32.2. The first kappa shape index (κ1) is 22.8. The van der Waals surface area contributed by atoms with E-state index in [-0.39, 0.29) is 0 Å². The third kappa shape index (κ3) is 4.54. The largest absolute Gasteiger partial charge is 0.338 e. The van der Waals surface area contributed by atoms with Crippen molar-refractivity contribution in [1.29, 1.82) is 0 Å². The minimum Gasteiger partial charge on any atom is -0.338 e. The summed E-state index contributed by atoms with van der Waals surface area (Å²) in [6.07, 6.45) is 4.10. The summed E-state index contributed by atoms with van der Waals surface area (Å²) < 4.78 is 28.4. The third-order valence-electron chi connectivity index (χ3n) is 5.65. The minimum atomic E-state index is -3.54. The van der Waals surface area contributed by atoms with Gasteiger partial charge in [0.15, 0.2) is 6.20 Å². The maximum absolute atomic E-state index is 13.1. The zero-order valence-electron chi connectivity index (χ0n) is 19.2. The first-order chi connectivity index (χ1) is 15.1. The number of sulfonamides is 1. The molecular formula is C24H30N4O2S2+2. The van der Waals surface area contributed by atoms with Crippen molar-refractivity contribution in [2.75, 3.05) is 53.2 Å². The van der Waals surface area contributed by atoms with Gasteiger partial charge in [-0.05, 0) is 35.9 Å². The lowest BCUT2D eigenvalue weighted by Gasteiger charge is -2.26. The Bertz CT molecular complexity index is 1290. The molecule has 1 aromatic heterocycles. The first-order valence-corrected chi connectivity index (χ1v) is 12.8. The maximum atomic E-state index is 13.1. The smallest absolute Gasteiger partial charge is 0.243 e. The lowest BCUT2D eigenvalue weighted by Crippen LogP contribution is -2.42. The molecule has 0 amide bonds. The quantitative estimate of drug-likeness (QED) is 0.518. The van der Waals surface area contributed by atoms with Gasteiger partial charge in [-0.25, -0.2) is 13.4 Å². The monoisotopic (exact) mass is 470 g/mol. The Hall–Kier alpha value is -2.39. The molecule has 0 saturated heterocycles. The highest BCUT2D eigenvalue weighted by Crippen LogP contribution is 2.46. The summed E-state index contributed by atoms with van der Waals surface area (Å²) in [5.41, 5.74) is 3.21. The number of aromatic amines is 1. The van der Waals surface area contributed by atoms with E-state index in [0.29, 0.717) is 15.9 Å². The summed E-state index contributed by atoms with van der Waals surface area (Å²) >= 11 is 1.60. The molecule has 0 unspecified atom stereocenters. The van der Waals surface area contributed by atoms with Gasteiger partial charge in [-0.2, -0.15) is 4.31 Å². The fourth-order valence-electron chi connectivity index (χ4n) is 3.61. The van der Waals surface area contributed by atoms with Crippen molar-refractivity contribution < 1.29 is 17.9 Å². The number of fused-ring (bicyclic) bond motifs is 2. The van der Waals surface area contributed by atoms with E-state index in [1.807, 2.05) is 31.4 Å². The SMILES string of the molecule is CN1C(=Cc2cc[nH+]c3ccccc23)Sc2cc(S(=O)(=O)N(C)CC[N+](C)(C)C)ccc21. The molecular weight excluding hydrogens is 440 g/mol. The molecule has 2 heterocycles. The standard InChI is InChI=1S/C24H29N4O2S2/c1-26(14-15-28(3,4)5)32(29,30)19-10-11-22-23(17-19)31-24(27(22)2)16-18-12-13-25-21-9-7-6-8-20(18)21/h6-13,16-17H,14-15H2,1-5H3/q+1/p+1. The topological polar surface area (TPSA) is 54.8 Å². The summed E-state index contributed by atoms with van der Waals surface area (Å²) in [6, 6.07) is 15.7. The van der Waals surface area contributed by atoms with E-state index >= 15 is 0 Å². The average Bonchev–Trinajstić information content (AvgIpc) is 3.06. The Kier molecular flexibility index (Phi) is 6.06. The molecule has 3 aromatic rings. The number of nitrogens with one attached hydrogen (secondary N) is 1. The molecule has 1 aliphatic rings. The van der Waals surface area contributed by atoms with Gasteiger partial charge in [-0.15, -0.1) is 0 Å². The number of hydrogen-bond donors (Lipinski definition) is 0. The second-order valence-corrected chi connectivity index (χ2v) is 12.2. The normalized spacial score (nSPS) is 15.7. The second-order valence-electron chi connectivity index (χ2n) is 9.09. The zero-order valence-corrected chi connectivity index (χ0v) is 20.8. The van der Waals surface area contributed by atoms with Crippen LogP contribution in [0.1, 0.15) is 5.56 Å². The Balaban J connectivity index is 1.62. The van der Waals surface area contributed by atoms with Crippen LogP contribution in [0, 0.1) is 0 Å². The maximum Gasteiger partial charge on any atom is 0.243 e. The molecule has 1 aliphatic heterocycles. The zero-order chi connectivity index (χ0) is 23.1. The summed E-state index contributed by atoms with van der Waals surface area (Å²) in [7, 11) is 6.31. The van der Waals surface area contributed by atoms with Gasteiger partial charge in [0.05, 0.1) is 55.2 Å². The number of anilines is 1. The van der Waals surface area contributed by atoms with E-state index in [9.17, 15) is 8.42 Å². The molecule has 0 atom stereocenters. The van der Waals surface area contributed by atoms with Crippen LogP contribution in [0.15, 0.2) is 69.5 Å². The van der Waals surface area contributed by atoms with Crippen LogP contribution in [0.5, 0.6) is 0 Å². The highest BCUT2D eigenvalue weighted by Gasteiger charge is 2.28. The van der Waals surface area contributed by atoms with Crippen LogP contribution in [0.4, 0.5) is 5.69 Å². The lowest BCUT2D eigenvalue weighted by molar-refractivity contribution is -0.869. The van der Waals surface area contributed by atoms with Crippen LogP contribution in [0.25, 0.3) is 17.0 Å². The van der Waals surface area contributed by atoms with Gasteiger partial charge in [-0.3, -0.25) is 0 Å². The average molecular weight is 471 g/mol. The fraction of sp³-hybridized carbons (Fsp3) is 0.292. The van der Waals surface area contributed by atoms with Gasteiger partial charge < -0.3 is 9.38 Å². The third-order valence-corrected chi connectivity index (χ3v) is 8.65. The molecule has 6 nitrogen and oxygen atoms in total.